The number of esters is 1. The summed E-state index contributed by atoms with van der Waals surface area (Å²) in [6, 6.07) is 8.66. The number of halogens is 1. The highest BCUT2D eigenvalue weighted by atomic mass is 35.5. The number of carbonyl (C=O) groups is 1. The summed E-state index contributed by atoms with van der Waals surface area (Å²) in [6.07, 6.45) is 1.54. The van der Waals surface area contributed by atoms with Gasteiger partial charge in [0.1, 0.15) is 11.6 Å². The number of nitrogens with one attached hydrogen (secondary N) is 1. The Labute approximate surface area is 127 Å². The van der Waals surface area contributed by atoms with E-state index in [2.05, 4.69) is 15.0 Å². The number of ether oxygens (including phenoxy) is 2. The molecule has 0 aliphatic heterocycles. The smallest absolute Gasteiger partial charge is 0.338 e. The molecule has 0 spiro atoms. The van der Waals surface area contributed by atoms with Crippen molar-refractivity contribution in [3.63, 3.8) is 0 Å². The van der Waals surface area contributed by atoms with Gasteiger partial charge in [0.15, 0.2) is 0 Å². The normalized spacial score (nSPS) is 10.0. The minimum Gasteiger partial charge on any atom is -0.496 e. The number of hydrogen-bond acceptors (Lipinski definition) is 5. The van der Waals surface area contributed by atoms with Crippen LogP contribution < -0.4 is 10.1 Å². The molecule has 0 fully saturated rings. The zero-order chi connectivity index (χ0) is 15.2. The van der Waals surface area contributed by atoms with E-state index in [0.717, 1.165) is 5.56 Å². The average molecular weight is 307 g/mol. The molecule has 0 aliphatic rings. The molecule has 0 radical (unpaired) electrons. The predicted octanol–water partition coefficient (Wildman–Crippen LogP) is 3.14. The van der Waals surface area contributed by atoms with Gasteiger partial charge in [0.2, 0.25) is 0 Å². The van der Waals surface area contributed by atoms with Crippen LogP contribution in [0.4, 0.5) is 5.82 Å². The van der Waals surface area contributed by atoms with E-state index in [4.69, 9.17) is 16.3 Å². The molecule has 0 aliphatic carbocycles. The van der Waals surface area contributed by atoms with Gasteiger partial charge in [0, 0.05) is 23.3 Å². The molecule has 1 aromatic heterocycles. The number of aromatic nitrogens is 1. The highest BCUT2D eigenvalue weighted by Crippen LogP contribution is 2.26. The number of benzene rings is 1. The van der Waals surface area contributed by atoms with Crippen molar-refractivity contribution in [2.75, 3.05) is 19.5 Å². The van der Waals surface area contributed by atoms with E-state index in [1.165, 1.54) is 7.11 Å². The molecule has 1 aromatic carbocycles. The molecule has 0 saturated carbocycles. The van der Waals surface area contributed by atoms with Crippen LogP contribution in [-0.4, -0.2) is 25.2 Å². The topological polar surface area (TPSA) is 60.5 Å². The summed E-state index contributed by atoms with van der Waals surface area (Å²) in [7, 11) is 2.93. The third-order valence-electron chi connectivity index (χ3n) is 2.92. The second-order valence-electron chi connectivity index (χ2n) is 4.20. The number of anilines is 1. The van der Waals surface area contributed by atoms with Gasteiger partial charge in [-0.05, 0) is 24.3 Å². The Bertz CT molecular complexity index is 647. The Morgan fingerprint density at radius 1 is 1.33 bits per heavy atom. The molecule has 0 bridgehead atoms. The van der Waals surface area contributed by atoms with Gasteiger partial charge in [-0.3, -0.25) is 0 Å². The van der Waals surface area contributed by atoms with E-state index in [1.54, 1.807) is 31.5 Å². The monoisotopic (exact) mass is 306 g/mol. The molecule has 2 rings (SSSR count). The lowest BCUT2D eigenvalue weighted by Crippen LogP contribution is -2.06. The number of carbonyl (C=O) groups excluding carboxylic acids is 1. The quantitative estimate of drug-likeness (QED) is 0.860. The maximum Gasteiger partial charge on any atom is 0.338 e. The third kappa shape index (κ3) is 3.64. The van der Waals surface area contributed by atoms with Crippen LogP contribution in [0.2, 0.25) is 5.02 Å². The van der Waals surface area contributed by atoms with Crippen molar-refractivity contribution >= 4 is 23.4 Å². The second kappa shape index (κ2) is 6.95. The summed E-state index contributed by atoms with van der Waals surface area (Å²) in [4.78, 5) is 15.6. The number of nitrogens with zero attached hydrogens (tertiary/aromatic N) is 1. The first-order valence-corrected chi connectivity index (χ1v) is 6.63. The molecular weight excluding hydrogens is 292 g/mol. The fourth-order valence-corrected chi connectivity index (χ4v) is 2.09. The van der Waals surface area contributed by atoms with Crippen LogP contribution in [0.15, 0.2) is 36.5 Å². The molecule has 0 unspecified atom stereocenters. The number of rotatable bonds is 5. The Kier molecular flexibility index (Phi) is 5.00. The van der Waals surface area contributed by atoms with Gasteiger partial charge in [-0.25, -0.2) is 9.78 Å². The summed E-state index contributed by atoms with van der Waals surface area (Å²) >= 11 is 6.16. The molecule has 5 nitrogen and oxygen atoms in total. The second-order valence-corrected chi connectivity index (χ2v) is 4.60. The molecule has 0 atom stereocenters. The molecule has 1 N–H and O–H groups in total. The first-order valence-electron chi connectivity index (χ1n) is 6.25. The molecule has 0 amide bonds. The predicted molar refractivity (Wildman–Crippen MR) is 80.9 cm³/mol. The van der Waals surface area contributed by atoms with E-state index < -0.39 is 5.97 Å². The Morgan fingerprint density at radius 2 is 2.14 bits per heavy atom. The maximum absolute atomic E-state index is 11.5. The fourth-order valence-electron chi connectivity index (χ4n) is 1.85. The summed E-state index contributed by atoms with van der Waals surface area (Å²) in [6.45, 7) is 0.431. The van der Waals surface area contributed by atoms with Crippen molar-refractivity contribution in [1.29, 1.82) is 0 Å². The standard InChI is InChI=1S/C15H15ClN2O3/c1-20-13-5-3-4-12(16)11(13)9-18-14-8-10(6-7-17-14)15(19)21-2/h3-8H,9H2,1-2H3,(H,17,18). The van der Waals surface area contributed by atoms with Crippen molar-refractivity contribution in [3.8, 4) is 5.75 Å². The van der Waals surface area contributed by atoms with Crippen molar-refractivity contribution < 1.29 is 14.3 Å². The largest absolute Gasteiger partial charge is 0.496 e. The molecular formula is C15H15ClN2O3. The van der Waals surface area contributed by atoms with E-state index in [1.807, 2.05) is 12.1 Å². The van der Waals surface area contributed by atoms with Crippen molar-refractivity contribution in [2.45, 2.75) is 6.54 Å². The summed E-state index contributed by atoms with van der Waals surface area (Å²) < 4.78 is 9.95. The Morgan fingerprint density at radius 3 is 2.86 bits per heavy atom. The SMILES string of the molecule is COC(=O)c1ccnc(NCc2c(Cl)cccc2OC)c1. The lowest BCUT2D eigenvalue weighted by atomic mass is 10.2. The minimum absolute atomic E-state index is 0.407. The number of hydrogen-bond donors (Lipinski definition) is 1. The van der Waals surface area contributed by atoms with Gasteiger partial charge in [-0.15, -0.1) is 0 Å². The Balaban J connectivity index is 2.15. The Hall–Kier alpha value is -2.27. The van der Waals surface area contributed by atoms with E-state index in [9.17, 15) is 4.79 Å². The van der Waals surface area contributed by atoms with Gasteiger partial charge in [-0.1, -0.05) is 17.7 Å². The van der Waals surface area contributed by atoms with Crippen LogP contribution in [-0.2, 0) is 11.3 Å². The summed E-state index contributed by atoms with van der Waals surface area (Å²) in [5.74, 6) is 0.842. The fraction of sp³-hybridized carbons (Fsp3) is 0.200. The number of pyridine rings is 1. The van der Waals surface area contributed by atoms with Crippen molar-refractivity contribution in [1.82, 2.24) is 4.98 Å². The zero-order valence-electron chi connectivity index (χ0n) is 11.7. The lowest BCUT2D eigenvalue weighted by Gasteiger charge is -2.12. The van der Waals surface area contributed by atoms with Gasteiger partial charge < -0.3 is 14.8 Å². The van der Waals surface area contributed by atoms with Gasteiger partial charge in [0.25, 0.3) is 0 Å². The average Bonchev–Trinajstić information content (AvgIpc) is 2.53. The maximum atomic E-state index is 11.5. The van der Waals surface area contributed by atoms with Crippen LogP contribution >= 0.6 is 11.6 Å². The summed E-state index contributed by atoms with van der Waals surface area (Å²) in [5, 5.41) is 3.72. The molecule has 1 heterocycles. The van der Waals surface area contributed by atoms with Gasteiger partial charge in [0.05, 0.1) is 19.8 Å². The first kappa shape index (κ1) is 15.1. The molecule has 0 saturated heterocycles. The van der Waals surface area contributed by atoms with Gasteiger partial charge in [-0.2, -0.15) is 0 Å². The number of methoxy groups -OCH3 is 2. The highest BCUT2D eigenvalue weighted by Gasteiger charge is 2.09. The van der Waals surface area contributed by atoms with Crippen LogP contribution in [0.25, 0.3) is 0 Å². The molecule has 6 heteroatoms. The zero-order valence-corrected chi connectivity index (χ0v) is 12.5. The summed E-state index contributed by atoms with van der Waals surface area (Å²) in [5.41, 5.74) is 1.26. The molecule has 110 valence electrons. The van der Waals surface area contributed by atoms with E-state index in [-0.39, 0.29) is 0 Å². The first-order chi connectivity index (χ1) is 10.2. The van der Waals surface area contributed by atoms with E-state index >= 15 is 0 Å². The highest BCUT2D eigenvalue weighted by molar-refractivity contribution is 6.31. The van der Waals surface area contributed by atoms with Crippen molar-refractivity contribution in [2.24, 2.45) is 0 Å². The lowest BCUT2D eigenvalue weighted by molar-refractivity contribution is 0.0600. The van der Waals surface area contributed by atoms with Crippen LogP contribution in [0, 0.1) is 0 Å². The van der Waals surface area contributed by atoms with Crippen molar-refractivity contribution in [3.05, 3.63) is 52.7 Å². The molecule has 21 heavy (non-hydrogen) atoms. The van der Waals surface area contributed by atoms with E-state index in [0.29, 0.717) is 28.7 Å². The minimum atomic E-state index is -0.407. The van der Waals surface area contributed by atoms with Crippen LogP contribution in [0.1, 0.15) is 15.9 Å². The van der Waals surface area contributed by atoms with Crippen LogP contribution in [0.5, 0.6) is 5.75 Å². The third-order valence-corrected chi connectivity index (χ3v) is 3.28. The van der Waals surface area contributed by atoms with Gasteiger partial charge >= 0.3 is 5.97 Å². The van der Waals surface area contributed by atoms with Crippen LogP contribution in [0.3, 0.4) is 0 Å². The molecule has 2 aromatic rings.